The van der Waals surface area contributed by atoms with Crippen molar-refractivity contribution in [3.63, 3.8) is 0 Å². The van der Waals surface area contributed by atoms with E-state index in [1.807, 2.05) is 17.4 Å². The Labute approximate surface area is 291 Å². The summed E-state index contributed by atoms with van der Waals surface area (Å²) in [6.07, 6.45) is 0. The molecule has 3 nitrogen and oxygen atoms in total. The molecule has 3 aromatic heterocycles. The fraction of sp³-hybridized carbons (Fsp3) is 0. The Morgan fingerprint density at radius 1 is 0.420 bits per heavy atom. The van der Waals surface area contributed by atoms with Gasteiger partial charge in [-0.1, -0.05) is 103 Å². The van der Waals surface area contributed by atoms with E-state index in [1.54, 1.807) is 0 Å². The van der Waals surface area contributed by atoms with Crippen molar-refractivity contribution in [3.8, 4) is 5.69 Å². The van der Waals surface area contributed by atoms with Crippen LogP contribution in [0.3, 0.4) is 0 Å². The number of anilines is 3. The molecule has 0 radical (unpaired) electrons. The van der Waals surface area contributed by atoms with Crippen molar-refractivity contribution in [1.29, 1.82) is 0 Å². The second-order valence-corrected chi connectivity index (χ2v) is 14.0. The summed E-state index contributed by atoms with van der Waals surface area (Å²) >= 11 is 1.87. The average Bonchev–Trinajstić information content (AvgIpc) is 3.85. The maximum atomic E-state index is 6.32. The number of benzene rings is 8. The lowest BCUT2D eigenvalue weighted by atomic mass is 10.00. The molecular formula is C46H28N2OS. The molecule has 11 aromatic rings. The van der Waals surface area contributed by atoms with Gasteiger partial charge in [0, 0.05) is 58.5 Å². The van der Waals surface area contributed by atoms with Gasteiger partial charge >= 0.3 is 0 Å². The maximum absolute atomic E-state index is 6.32. The highest BCUT2D eigenvalue weighted by Crippen LogP contribution is 2.49. The zero-order valence-electron chi connectivity index (χ0n) is 26.9. The van der Waals surface area contributed by atoms with Crippen LogP contribution in [-0.4, -0.2) is 4.57 Å². The molecule has 0 atom stereocenters. The molecule has 0 N–H and O–H groups in total. The molecule has 0 aliphatic carbocycles. The van der Waals surface area contributed by atoms with Crippen LogP contribution in [0.25, 0.3) is 80.4 Å². The molecule has 50 heavy (non-hydrogen) atoms. The van der Waals surface area contributed by atoms with Crippen LogP contribution >= 0.6 is 11.3 Å². The number of furan rings is 1. The Hall–Kier alpha value is -6.36. The van der Waals surface area contributed by atoms with Gasteiger partial charge in [-0.05, 0) is 72.1 Å². The van der Waals surface area contributed by atoms with E-state index in [9.17, 15) is 0 Å². The Morgan fingerprint density at radius 2 is 1.10 bits per heavy atom. The number of aromatic nitrogens is 1. The molecule has 0 aliphatic heterocycles. The second-order valence-electron chi connectivity index (χ2n) is 12.9. The van der Waals surface area contributed by atoms with Crippen LogP contribution in [0.1, 0.15) is 0 Å². The molecule has 0 spiro atoms. The molecule has 4 heteroatoms. The number of hydrogen-bond donors (Lipinski definition) is 0. The number of thiophene rings is 1. The first-order chi connectivity index (χ1) is 24.8. The molecule has 0 amide bonds. The van der Waals surface area contributed by atoms with Gasteiger partial charge in [0.2, 0.25) is 0 Å². The summed E-state index contributed by atoms with van der Waals surface area (Å²) in [5.41, 5.74) is 8.64. The van der Waals surface area contributed by atoms with Crippen LogP contribution in [0.4, 0.5) is 17.1 Å². The summed E-state index contributed by atoms with van der Waals surface area (Å²) in [6.45, 7) is 0. The maximum Gasteiger partial charge on any atom is 0.135 e. The van der Waals surface area contributed by atoms with Crippen LogP contribution in [0.15, 0.2) is 174 Å². The minimum absolute atomic E-state index is 0.888. The highest BCUT2D eigenvalue weighted by molar-refractivity contribution is 7.26. The number of rotatable bonds is 4. The quantitative estimate of drug-likeness (QED) is 0.188. The van der Waals surface area contributed by atoms with E-state index in [-0.39, 0.29) is 0 Å². The van der Waals surface area contributed by atoms with Crippen LogP contribution in [0.2, 0.25) is 0 Å². The second kappa shape index (κ2) is 10.6. The van der Waals surface area contributed by atoms with Gasteiger partial charge in [-0.3, -0.25) is 0 Å². The van der Waals surface area contributed by atoms with E-state index in [0.29, 0.717) is 0 Å². The molecule has 234 valence electrons. The van der Waals surface area contributed by atoms with Crippen LogP contribution in [0.5, 0.6) is 0 Å². The van der Waals surface area contributed by atoms with E-state index in [4.69, 9.17) is 4.42 Å². The SMILES string of the molecule is c1ccc(-n2c3ccccc3c3c(N(c4ccc5oc6ccccc6c5c4)c4cc5sc6ccccc6c5c5ccccc45)cccc32)cc1. The van der Waals surface area contributed by atoms with E-state index in [2.05, 4.69) is 173 Å². The first kappa shape index (κ1) is 27.6. The summed E-state index contributed by atoms with van der Waals surface area (Å²) in [6, 6.07) is 61.3. The van der Waals surface area contributed by atoms with Crippen LogP contribution in [0, 0.1) is 0 Å². The number of hydrogen-bond acceptors (Lipinski definition) is 3. The molecule has 11 rings (SSSR count). The van der Waals surface area contributed by atoms with Gasteiger partial charge in [-0.15, -0.1) is 11.3 Å². The molecule has 8 aromatic carbocycles. The third-order valence-corrected chi connectivity index (χ3v) is 11.3. The fourth-order valence-corrected chi connectivity index (χ4v) is 9.21. The average molecular weight is 657 g/mol. The minimum Gasteiger partial charge on any atom is -0.456 e. The number of nitrogens with zero attached hydrogens (tertiary/aromatic N) is 2. The molecule has 0 aliphatic rings. The van der Waals surface area contributed by atoms with Gasteiger partial charge < -0.3 is 13.9 Å². The van der Waals surface area contributed by atoms with Crippen LogP contribution < -0.4 is 4.90 Å². The topological polar surface area (TPSA) is 21.3 Å². The molecule has 0 fully saturated rings. The summed E-state index contributed by atoms with van der Waals surface area (Å²) < 4.78 is 11.3. The van der Waals surface area contributed by atoms with Gasteiger partial charge in [0.25, 0.3) is 0 Å². The van der Waals surface area contributed by atoms with Gasteiger partial charge in [-0.2, -0.15) is 0 Å². The fourth-order valence-electron chi connectivity index (χ4n) is 8.06. The van der Waals surface area contributed by atoms with Crippen molar-refractivity contribution < 1.29 is 4.42 Å². The Balaban J connectivity index is 1.29. The molecule has 0 saturated heterocycles. The van der Waals surface area contributed by atoms with E-state index < -0.39 is 0 Å². The van der Waals surface area contributed by atoms with Gasteiger partial charge in [0.05, 0.1) is 22.4 Å². The summed E-state index contributed by atoms with van der Waals surface area (Å²) in [5.74, 6) is 0. The zero-order valence-corrected chi connectivity index (χ0v) is 27.7. The van der Waals surface area contributed by atoms with E-state index >= 15 is 0 Å². The monoisotopic (exact) mass is 656 g/mol. The van der Waals surface area contributed by atoms with Crippen molar-refractivity contribution >= 4 is 103 Å². The number of fused-ring (bicyclic) bond motifs is 11. The minimum atomic E-state index is 0.888. The third kappa shape index (κ3) is 3.91. The van der Waals surface area contributed by atoms with Crippen molar-refractivity contribution in [1.82, 2.24) is 4.57 Å². The van der Waals surface area contributed by atoms with Crippen molar-refractivity contribution in [2.75, 3.05) is 4.90 Å². The summed E-state index contributed by atoms with van der Waals surface area (Å²) in [5, 5.41) is 9.75. The first-order valence-electron chi connectivity index (χ1n) is 16.9. The highest BCUT2D eigenvalue weighted by Gasteiger charge is 2.24. The molecular weight excluding hydrogens is 629 g/mol. The summed E-state index contributed by atoms with van der Waals surface area (Å²) in [7, 11) is 0. The largest absolute Gasteiger partial charge is 0.456 e. The van der Waals surface area contributed by atoms with Gasteiger partial charge in [0.1, 0.15) is 11.2 Å². The highest BCUT2D eigenvalue weighted by atomic mass is 32.1. The zero-order chi connectivity index (χ0) is 32.8. The Bertz CT molecular complexity index is 3110. The normalized spacial score (nSPS) is 12.0. The van der Waals surface area contributed by atoms with Crippen molar-refractivity contribution in [2.45, 2.75) is 0 Å². The smallest absolute Gasteiger partial charge is 0.135 e. The van der Waals surface area contributed by atoms with Gasteiger partial charge in [-0.25, -0.2) is 0 Å². The van der Waals surface area contributed by atoms with Crippen molar-refractivity contribution in [3.05, 3.63) is 170 Å². The Kier molecular flexibility index (Phi) is 5.83. The standard InChI is InChI=1S/C46H28N2OS/c1-2-13-29(14-3-1)47-37-20-9-6-18-34(37)46-38(47)21-12-22-39(46)48(30-25-26-42-36(27-30)32-16-7-10-23-41(32)49-42)40-28-44-45(33-17-5-4-15-31(33)40)35-19-8-11-24-43(35)50-44/h1-28H. The van der Waals surface area contributed by atoms with E-state index in [1.165, 1.54) is 52.8 Å². The lowest BCUT2D eigenvalue weighted by molar-refractivity contribution is 0.669. The number of para-hydroxylation sites is 3. The lowest BCUT2D eigenvalue weighted by Crippen LogP contribution is -2.11. The molecule has 0 bridgehead atoms. The predicted molar refractivity (Wildman–Crippen MR) is 213 cm³/mol. The molecule has 0 saturated carbocycles. The van der Waals surface area contributed by atoms with E-state index in [0.717, 1.165) is 44.7 Å². The summed E-state index contributed by atoms with van der Waals surface area (Å²) in [4.78, 5) is 2.48. The van der Waals surface area contributed by atoms with Crippen LogP contribution in [-0.2, 0) is 0 Å². The first-order valence-corrected chi connectivity index (χ1v) is 17.8. The predicted octanol–water partition coefficient (Wildman–Crippen LogP) is 13.7. The Morgan fingerprint density at radius 3 is 1.98 bits per heavy atom. The van der Waals surface area contributed by atoms with Gasteiger partial charge in [0.15, 0.2) is 0 Å². The molecule has 0 unspecified atom stereocenters. The molecule has 3 heterocycles. The third-order valence-electron chi connectivity index (χ3n) is 10.2. The lowest BCUT2D eigenvalue weighted by Gasteiger charge is -2.28. The van der Waals surface area contributed by atoms with Crippen molar-refractivity contribution in [2.24, 2.45) is 0 Å².